The number of amides is 1. The molecule has 1 amide bonds. The minimum absolute atomic E-state index is 0. The van der Waals surface area contributed by atoms with Gasteiger partial charge >= 0.3 is 0 Å². The lowest BCUT2D eigenvalue weighted by Gasteiger charge is -2.24. The molecule has 0 radical (unpaired) electrons. The zero-order valence-electron chi connectivity index (χ0n) is 12.5. The van der Waals surface area contributed by atoms with Gasteiger partial charge < -0.3 is 14.8 Å². The van der Waals surface area contributed by atoms with E-state index in [1.165, 1.54) is 13.3 Å². The normalized spacial score (nSPS) is 24.4. The van der Waals surface area contributed by atoms with E-state index in [2.05, 4.69) is 5.32 Å². The lowest BCUT2D eigenvalue weighted by Crippen LogP contribution is -2.39. The van der Waals surface area contributed by atoms with E-state index in [-0.39, 0.29) is 24.1 Å². The topological polar surface area (TPSA) is 54.3 Å². The second kappa shape index (κ2) is 6.20. The molecule has 116 valence electrons. The van der Waals surface area contributed by atoms with Crippen LogP contribution in [0.15, 0.2) is 12.3 Å². The van der Waals surface area contributed by atoms with Gasteiger partial charge in [-0.15, -0.1) is 12.4 Å². The van der Waals surface area contributed by atoms with Gasteiger partial charge in [0.1, 0.15) is 5.69 Å². The molecule has 6 heteroatoms. The molecule has 2 fully saturated rings. The van der Waals surface area contributed by atoms with Crippen LogP contribution in [0, 0.1) is 0 Å². The van der Waals surface area contributed by atoms with Crippen molar-refractivity contribution in [3.05, 3.63) is 23.5 Å². The van der Waals surface area contributed by atoms with Gasteiger partial charge in [-0.2, -0.15) is 0 Å². The maximum absolute atomic E-state index is 12.7. The summed E-state index contributed by atoms with van der Waals surface area (Å²) in [5.41, 5.74) is 1.21. The largest absolute Gasteiger partial charge is 0.346 e. The fourth-order valence-corrected chi connectivity index (χ4v) is 3.26. The molecule has 2 bridgehead atoms. The Bertz CT molecular complexity index is 555. The Labute approximate surface area is 131 Å². The van der Waals surface area contributed by atoms with Crippen LogP contribution in [0.3, 0.4) is 0 Å². The molecule has 2 aliphatic rings. The molecular weight excluding hydrogens is 290 g/mol. The maximum Gasteiger partial charge on any atom is 0.270 e. The summed E-state index contributed by atoms with van der Waals surface area (Å²) in [6.07, 6.45) is 5.13. The lowest BCUT2D eigenvalue weighted by molar-refractivity contribution is 0.0738. The molecule has 5 nitrogen and oxygen atoms in total. The average Bonchev–Trinajstić information content (AvgIpc) is 2.92. The van der Waals surface area contributed by atoms with Crippen LogP contribution in [-0.4, -0.2) is 46.3 Å². The van der Waals surface area contributed by atoms with Crippen molar-refractivity contribution in [1.29, 1.82) is 0 Å². The molecule has 1 aromatic heterocycles. The number of Topliss-reactive ketones (excluding diaryl/α,β-unsaturated/α-hetero) is 1. The van der Waals surface area contributed by atoms with Crippen LogP contribution >= 0.6 is 12.4 Å². The number of hydrogen-bond donors (Lipinski definition) is 1. The third-order valence-electron chi connectivity index (χ3n) is 4.44. The highest BCUT2D eigenvalue weighted by atomic mass is 35.5. The summed E-state index contributed by atoms with van der Waals surface area (Å²) in [5, 5.41) is 3.57. The van der Waals surface area contributed by atoms with E-state index >= 15 is 0 Å². The zero-order chi connectivity index (χ0) is 14.3. The minimum Gasteiger partial charge on any atom is -0.346 e. The Balaban J connectivity index is 0.00000161. The molecule has 2 unspecified atom stereocenters. The molecule has 21 heavy (non-hydrogen) atoms. The lowest BCUT2D eigenvalue weighted by atomic mass is 10.1. The van der Waals surface area contributed by atoms with Crippen LogP contribution in [0.2, 0.25) is 0 Å². The molecule has 3 heterocycles. The standard InChI is InChI=1S/C15H21N3O2.ClH/c1-10(19)11-7-14(17(2)8-11)15(20)18-6-5-12-3-4-13(9-18)16-12;/h7-8,12-13,16H,3-6,9H2,1-2H3;1H. The highest BCUT2D eigenvalue weighted by Gasteiger charge is 2.32. The van der Waals surface area contributed by atoms with Crippen LogP contribution in [0.5, 0.6) is 0 Å². The van der Waals surface area contributed by atoms with Gasteiger partial charge in [-0.3, -0.25) is 9.59 Å². The SMILES string of the molecule is CC(=O)c1cc(C(=O)N2CCC3CCC(C2)N3)n(C)c1.Cl. The summed E-state index contributed by atoms with van der Waals surface area (Å²) in [6.45, 7) is 3.10. The number of aryl methyl sites for hydroxylation is 1. The number of fused-ring (bicyclic) bond motifs is 2. The fraction of sp³-hybridized carbons (Fsp3) is 0.600. The number of ketones is 1. The van der Waals surface area contributed by atoms with E-state index in [0.717, 1.165) is 25.9 Å². The molecule has 3 rings (SSSR count). The number of hydrogen-bond acceptors (Lipinski definition) is 3. The smallest absolute Gasteiger partial charge is 0.270 e. The summed E-state index contributed by atoms with van der Waals surface area (Å²) < 4.78 is 1.76. The van der Waals surface area contributed by atoms with Crippen LogP contribution in [0.4, 0.5) is 0 Å². The molecule has 0 aromatic carbocycles. The van der Waals surface area contributed by atoms with Gasteiger partial charge in [-0.25, -0.2) is 0 Å². The van der Waals surface area contributed by atoms with E-state index in [0.29, 0.717) is 23.3 Å². The Morgan fingerprint density at radius 3 is 2.62 bits per heavy atom. The Kier molecular flexibility index (Phi) is 4.74. The van der Waals surface area contributed by atoms with Crippen LogP contribution < -0.4 is 5.32 Å². The number of likely N-dealkylation sites (tertiary alicyclic amines) is 1. The minimum atomic E-state index is -0.00348. The van der Waals surface area contributed by atoms with Gasteiger partial charge in [0.05, 0.1) is 0 Å². The molecule has 1 aromatic rings. The second-order valence-electron chi connectivity index (χ2n) is 5.96. The summed E-state index contributed by atoms with van der Waals surface area (Å²) >= 11 is 0. The highest BCUT2D eigenvalue weighted by Crippen LogP contribution is 2.22. The van der Waals surface area contributed by atoms with Gasteiger partial charge in [0.2, 0.25) is 0 Å². The third-order valence-corrected chi connectivity index (χ3v) is 4.44. The Morgan fingerprint density at radius 2 is 1.95 bits per heavy atom. The third kappa shape index (κ3) is 3.14. The number of nitrogens with zero attached hydrogens (tertiary/aromatic N) is 2. The number of carbonyl (C=O) groups excluding carboxylic acids is 2. The summed E-state index contributed by atoms with van der Waals surface area (Å²) in [6, 6.07) is 2.71. The van der Waals surface area contributed by atoms with E-state index in [1.807, 2.05) is 11.9 Å². The molecule has 1 N–H and O–H groups in total. The first-order chi connectivity index (χ1) is 9.54. The summed E-state index contributed by atoms with van der Waals surface area (Å²) in [5.74, 6) is 0.0330. The van der Waals surface area contributed by atoms with Crippen molar-refractivity contribution in [3.63, 3.8) is 0 Å². The molecule has 0 spiro atoms. The number of halogens is 1. The van der Waals surface area contributed by atoms with Gasteiger partial charge in [0.15, 0.2) is 5.78 Å². The van der Waals surface area contributed by atoms with Crippen LogP contribution in [0.1, 0.15) is 47.0 Å². The Hall–Kier alpha value is -1.33. The first-order valence-electron chi connectivity index (χ1n) is 7.27. The maximum atomic E-state index is 12.7. The van der Waals surface area contributed by atoms with E-state index in [1.54, 1.807) is 16.8 Å². The van der Waals surface area contributed by atoms with Crippen molar-refractivity contribution in [2.45, 2.75) is 38.3 Å². The summed E-state index contributed by atoms with van der Waals surface area (Å²) in [4.78, 5) is 26.0. The molecule has 0 aliphatic carbocycles. The molecular formula is C15H22ClN3O2. The van der Waals surface area contributed by atoms with Crippen molar-refractivity contribution in [3.8, 4) is 0 Å². The van der Waals surface area contributed by atoms with Crippen molar-refractivity contribution >= 4 is 24.1 Å². The molecule has 0 saturated carbocycles. The van der Waals surface area contributed by atoms with Gasteiger partial charge in [0.25, 0.3) is 5.91 Å². The number of aromatic nitrogens is 1. The predicted molar refractivity (Wildman–Crippen MR) is 83.1 cm³/mol. The predicted octanol–water partition coefficient (Wildman–Crippen LogP) is 1.62. The van der Waals surface area contributed by atoms with Gasteiger partial charge in [-0.1, -0.05) is 0 Å². The number of rotatable bonds is 2. The number of carbonyl (C=O) groups is 2. The highest BCUT2D eigenvalue weighted by molar-refractivity contribution is 5.99. The quantitative estimate of drug-likeness (QED) is 0.844. The first-order valence-corrected chi connectivity index (χ1v) is 7.27. The summed E-state index contributed by atoms with van der Waals surface area (Å²) in [7, 11) is 1.82. The average molecular weight is 312 g/mol. The van der Waals surface area contributed by atoms with E-state index < -0.39 is 0 Å². The Morgan fingerprint density at radius 1 is 1.24 bits per heavy atom. The van der Waals surface area contributed by atoms with E-state index in [4.69, 9.17) is 0 Å². The monoisotopic (exact) mass is 311 g/mol. The zero-order valence-corrected chi connectivity index (χ0v) is 13.3. The molecule has 2 atom stereocenters. The molecule has 2 aliphatic heterocycles. The van der Waals surface area contributed by atoms with Gasteiger partial charge in [0, 0.05) is 44.0 Å². The fourth-order valence-electron chi connectivity index (χ4n) is 3.26. The van der Waals surface area contributed by atoms with Crippen LogP contribution in [-0.2, 0) is 7.05 Å². The van der Waals surface area contributed by atoms with Crippen molar-refractivity contribution < 1.29 is 9.59 Å². The second-order valence-corrected chi connectivity index (χ2v) is 5.96. The first kappa shape index (κ1) is 16.0. The van der Waals surface area contributed by atoms with Gasteiger partial charge in [-0.05, 0) is 32.3 Å². The van der Waals surface area contributed by atoms with Crippen molar-refractivity contribution in [2.24, 2.45) is 7.05 Å². The van der Waals surface area contributed by atoms with Crippen molar-refractivity contribution in [1.82, 2.24) is 14.8 Å². The van der Waals surface area contributed by atoms with Crippen LogP contribution in [0.25, 0.3) is 0 Å². The number of nitrogens with one attached hydrogen (secondary N) is 1. The van der Waals surface area contributed by atoms with Crippen molar-refractivity contribution in [2.75, 3.05) is 13.1 Å². The molecule has 2 saturated heterocycles. The van der Waals surface area contributed by atoms with E-state index in [9.17, 15) is 9.59 Å².